The van der Waals surface area contributed by atoms with Gasteiger partial charge in [-0.15, -0.1) is 12.4 Å². The van der Waals surface area contributed by atoms with E-state index in [1.807, 2.05) is 36.4 Å². The standard InChI is InChI=1S/C16H17N5O2.ClH/c1-21-8-7-17-10-13(21)15-18-16(23-20-15)12-9-14(22-19-12)11-5-3-2-4-6-11;/h2-6,9,13,17H,7-8,10H2,1H3;1H. The lowest BCUT2D eigenvalue weighted by Crippen LogP contribution is -2.44. The van der Waals surface area contributed by atoms with Crippen molar-refractivity contribution in [2.45, 2.75) is 6.04 Å². The predicted octanol–water partition coefficient (Wildman–Crippen LogP) is 2.39. The van der Waals surface area contributed by atoms with Crippen LogP contribution in [0.3, 0.4) is 0 Å². The van der Waals surface area contributed by atoms with E-state index in [0.29, 0.717) is 23.2 Å². The first-order chi connectivity index (χ1) is 11.3. The maximum Gasteiger partial charge on any atom is 0.280 e. The molecule has 7 nitrogen and oxygen atoms in total. The van der Waals surface area contributed by atoms with Crippen molar-refractivity contribution >= 4 is 12.4 Å². The molecule has 0 radical (unpaired) electrons. The molecule has 0 bridgehead atoms. The van der Waals surface area contributed by atoms with Crippen LogP contribution < -0.4 is 5.32 Å². The van der Waals surface area contributed by atoms with Gasteiger partial charge in [0.05, 0.1) is 6.04 Å². The Morgan fingerprint density at radius 2 is 2.00 bits per heavy atom. The number of nitrogens with zero attached hydrogens (tertiary/aromatic N) is 4. The van der Waals surface area contributed by atoms with Gasteiger partial charge in [-0.1, -0.05) is 40.6 Å². The lowest BCUT2D eigenvalue weighted by molar-refractivity contribution is 0.190. The van der Waals surface area contributed by atoms with Crippen LogP contribution in [0.25, 0.3) is 22.9 Å². The van der Waals surface area contributed by atoms with Gasteiger partial charge in [0.15, 0.2) is 17.3 Å². The number of rotatable bonds is 3. The molecule has 0 saturated carbocycles. The normalized spacial score (nSPS) is 18.3. The highest BCUT2D eigenvalue weighted by atomic mass is 35.5. The zero-order valence-electron chi connectivity index (χ0n) is 13.2. The minimum absolute atomic E-state index is 0. The molecule has 2 aromatic heterocycles. The van der Waals surface area contributed by atoms with Crippen molar-refractivity contribution in [1.29, 1.82) is 0 Å². The van der Waals surface area contributed by atoms with Gasteiger partial charge in [-0.05, 0) is 7.05 Å². The molecule has 1 N–H and O–H groups in total. The minimum Gasteiger partial charge on any atom is -0.355 e. The summed E-state index contributed by atoms with van der Waals surface area (Å²) in [7, 11) is 2.06. The number of benzene rings is 1. The fraction of sp³-hybridized carbons (Fsp3) is 0.312. The van der Waals surface area contributed by atoms with E-state index in [-0.39, 0.29) is 18.4 Å². The Kier molecular flexibility index (Phi) is 4.94. The molecule has 1 fully saturated rings. The van der Waals surface area contributed by atoms with Gasteiger partial charge in [-0.2, -0.15) is 4.98 Å². The van der Waals surface area contributed by atoms with E-state index >= 15 is 0 Å². The quantitative estimate of drug-likeness (QED) is 0.779. The van der Waals surface area contributed by atoms with E-state index in [9.17, 15) is 0 Å². The van der Waals surface area contributed by atoms with Gasteiger partial charge in [-0.3, -0.25) is 4.90 Å². The molecule has 1 aromatic carbocycles. The molecule has 1 aliphatic rings. The zero-order chi connectivity index (χ0) is 15.6. The first-order valence-corrected chi connectivity index (χ1v) is 7.58. The van der Waals surface area contributed by atoms with Gasteiger partial charge in [0.2, 0.25) is 0 Å². The number of likely N-dealkylation sites (N-methyl/N-ethyl adjacent to an activating group) is 1. The Bertz CT molecular complexity index is 789. The van der Waals surface area contributed by atoms with Crippen LogP contribution in [0.2, 0.25) is 0 Å². The monoisotopic (exact) mass is 347 g/mol. The topological polar surface area (TPSA) is 80.2 Å². The van der Waals surface area contributed by atoms with E-state index in [1.165, 1.54) is 0 Å². The maximum absolute atomic E-state index is 5.38. The molecule has 1 unspecified atom stereocenters. The molecular formula is C16H18ClN5O2. The molecule has 0 aliphatic carbocycles. The summed E-state index contributed by atoms with van der Waals surface area (Å²) in [4.78, 5) is 6.69. The number of halogens is 1. The Morgan fingerprint density at radius 3 is 2.79 bits per heavy atom. The minimum atomic E-state index is 0. The lowest BCUT2D eigenvalue weighted by Gasteiger charge is -2.30. The van der Waals surface area contributed by atoms with Crippen molar-refractivity contribution in [3.05, 3.63) is 42.2 Å². The van der Waals surface area contributed by atoms with Crippen molar-refractivity contribution in [2.24, 2.45) is 0 Å². The first-order valence-electron chi connectivity index (χ1n) is 7.58. The number of piperazine rings is 1. The number of aromatic nitrogens is 3. The molecule has 126 valence electrons. The summed E-state index contributed by atoms with van der Waals surface area (Å²) in [6.07, 6.45) is 0. The molecule has 3 heterocycles. The Hall–Kier alpha value is -2.22. The molecule has 3 aromatic rings. The predicted molar refractivity (Wildman–Crippen MR) is 90.7 cm³/mol. The highest BCUT2D eigenvalue weighted by molar-refractivity contribution is 5.85. The summed E-state index contributed by atoms with van der Waals surface area (Å²) in [5, 5.41) is 11.5. The van der Waals surface area contributed by atoms with Crippen LogP contribution in [0.1, 0.15) is 11.9 Å². The van der Waals surface area contributed by atoms with Crippen LogP contribution in [-0.2, 0) is 0 Å². The van der Waals surface area contributed by atoms with Gasteiger partial charge in [0, 0.05) is 31.3 Å². The highest BCUT2D eigenvalue weighted by Crippen LogP contribution is 2.26. The van der Waals surface area contributed by atoms with E-state index in [2.05, 4.69) is 32.6 Å². The third-order valence-electron chi connectivity index (χ3n) is 4.04. The average Bonchev–Trinajstić information content (AvgIpc) is 3.25. The van der Waals surface area contributed by atoms with Gasteiger partial charge < -0.3 is 14.4 Å². The van der Waals surface area contributed by atoms with Gasteiger partial charge >= 0.3 is 0 Å². The molecule has 4 rings (SSSR count). The molecular weight excluding hydrogens is 330 g/mol. The number of hydrogen-bond acceptors (Lipinski definition) is 7. The van der Waals surface area contributed by atoms with Crippen LogP contribution >= 0.6 is 12.4 Å². The SMILES string of the molecule is CN1CCNCC1c1noc(-c2cc(-c3ccccc3)on2)n1.Cl. The summed E-state index contributed by atoms with van der Waals surface area (Å²) in [5.74, 6) is 1.72. The van der Waals surface area contributed by atoms with Gasteiger partial charge in [-0.25, -0.2) is 0 Å². The van der Waals surface area contributed by atoms with Crippen LogP contribution in [-0.4, -0.2) is 46.9 Å². The van der Waals surface area contributed by atoms with Crippen LogP contribution in [0, 0.1) is 0 Å². The average molecular weight is 348 g/mol. The fourth-order valence-corrected chi connectivity index (χ4v) is 2.68. The number of hydrogen-bond donors (Lipinski definition) is 1. The van der Waals surface area contributed by atoms with Crippen molar-refractivity contribution in [2.75, 3.05) is 26.7 Å². The maximum atomic E-state index is 5.38. The van der Waals surface area contributed by atoms with Crippen molar-refractivity contribution in [3.8, 4) is 22.9 Å². The Balaban J connectivity index is 0.00000169. The van der Waals surface area contributed by atoms with E-state index < -0.39 is 0 Å². The molecule has 24 heavy (non-hydrogen) atoms. The third kappa shape index (κ3) is 3.19. The summed E-state index contributed by atoms with van der Waals surface area (Å²) in [6.45, 7) is 2.74. The molecule has 8 heteroatoms. The summed E-state index contributed by atoms with van der Waals surface area (Å²) in [5.41, 5.74) is 1.51. The molecule has 0 amide bonds. The van der Waals surface area contributed by atoms with Crippen LogP contribution in [0.4, 0.5) is 0 Å². The van der Waals surface area contributed by atoms with Crippen LogP contribution in [0.15, 0.2) is 45.4 Å². The molecule has 0 spiro atoms. The first kappa shape index (κ1) is 16.6. The van der Waals surface area contributed by atoms with E-state index in [4.69, 9.17) is 9.05 Å². The summed E-state index contributed by atoms with van der Waals surface area (Å²) in [6, 6.07) is 11.7. The largest absolute Gasteiger partial charge is 0.355 e. The Labute approximate surface area is 145 Å². The second-order valence-electron chi connectivity index (χ2n) is 5.60. The van der Waals surface area contributed by atoms with Gasteiger partial charge in [0.25, 0.3) is 5.89 Å². The smallest absolute Gasteiger partial charge is 0.280 e. The van der Waals surface area contributed by atoms with Crippen molar-refractivity contribution in [1.82, 2.24) is 25.5 Å². The summed E-state index contributed by atoms with van der Waals surface area (Å²) >= 11 is 0. The lowest BCUT2D eigenvalue weighted by atomic mass is 10.1. The Morgan fingerprint density at radius 1 is 1.17 bits per heavy atom. The number of nitrogens with one attached hydrogen (secondary N) is 1. The van der Waals surface area contributed by atoms with E-state index in [0.717, 1.165) is 25.2 Å². The molecule has 1 saturated heterocycles. The summed E-state index contributed by atoms with van der Waals surface area (Å²) < 4.78 is 10.7. The fourth-order valence-electron chi connectivity index (χ4n) is 2.68. The molecule has 1 atom stereocenters. The molecule has 1 aliphatic heterocycles. The van der Waals surface area contributed by atoms with Crippen molar-refractivity contribution in [3.63, 3.8) is 0 Å². The third-order valence-corrected chi connectivity index (χ3v) is 4.04. The van der Waals surface area contributed by atoms with Crippen molar-refractivity contribution < 1.29 is 9.05 Å². The van der Waals surface area contributed by atoms with E-state index in [1.54, 1.807) is 0 Å². The zero-order valence-corrected chi connectivity index (χ0v) is 14.0. The highest BCUT2D eigenvalue weighted by Gasteiger charge is 2.26. The second-order valence-corrected chi connectivity index (χ2v) is 5.60. The van der Waals surface area contributed by atoms with Crippen LogP contribution in [0.5, 0.6) is 0 Å². The second kappa shape index (κ2) is 7.12. The van der Waals surface area contributed by atoms with Gasteiger partial charge in [0.1, 0.15) is 0 Å².